The molecular formula is C20H20N4O3S3. The number of carbonyl (C=O) groups is 2. The number of fused-ring (bicyclic) bond motifs is 3. The maximum Gasteiger partial charge on any atom is 0.341 e. The second-order valence-corrected chi connectivity index (χ2v) is 9.49. The van der Waals surface area contributed by atoms with Crippen LogP contribution in [-0.4, -0.2) is 38.8 Å². The predicted octanol–water partition coefficient (Wildman–Crippen LogP) is 4.78. The number of ether oxygens (including phenoxy) is 1. The highest BCUT2D eigenvalue weighted by atomic mass is 32.2. The zero-order valence-electron chi connectivity index (χ0n) is 16.7. The lowest BCUT2D eigenvalue weighted by Crippen LogP contribution is -2.16. The number of para-hydroxylation sites is 1. The summed E-state index contributed by atoms with van der Waals surface area (Å²) in [4.78, 5) is 26.9. The maximum absolute atomic E-state index is 12.7. The number of thioether (sulfide) groups is 1. The van der Waals surface area contributed by atoms with Crippen LogP contribution >= 0.6 is 34.4 Å². The molecule has 0 spiro atoms. The molecule has 0 saturated carbocycles. The third kappa shape index (κ3) is 3.82. The third-order valence-corrected chi connectivity index (χ3v) is 7.84. The number of hydrogen-bond donors (Lipinski definition) is 1. The Morgan fingerprint density at radius 2 is 2.00 bits per heavy atom. The molecule has 1 aromatic carbocycles. The zero-order valence-corrected chi connectivity index (χ0v) is 19.2. The SMILES string of the molecule is CCOC(=O)c1c(NC(=O)CSc2nnc3sc4ccccc4n23)sc(CC)c1C. The van der Waals surface area contributed by atoms with Gasteiger partial charge in [0, 0.05) is 4.88 Å². The second-order valence-electron chi connectivity index (χ2n) is 6.44. The molecule has 0 atom stereocenters. The minimum absolute atomic E-state index is 0.158. The summed E-state index contributed by atoms with van der Waals surface area (Å²) in [6.07, 6.45) is 0.788. The molecule has 3 heterocycles. The number of aromatic nitrogens is 3. The van der Waals surface area contributed by atoms with Gasteiger partial charge >= 0.3 is 5.97 Å². The number of anilines is 1. The molecule has 156 valence electrons. The number of esters is 1. The number of nitrogens with one attached hydrogen (secondary N) is 1. The third-order valence-electron chi connectivity index (χ3n) is 4.54. The number of amides is 1. The zero-order chi connectivity index (χ0) is 21.3. The molecule has 7 nitrogen and oxygen atoms in total. The van der Waals surface area contributed by atoms with Gasteiger partial charge in [0.05, 0.1) is 28.1 Å². The van der Waals surface area contributed by atoms with Gasteiger partial charge in [-0.15, -0.1) is 21.5 Å². The fourth-order valence-electron chi connectivity index (χ4n) is 3.18. The Labute approximate surface area is 185 Å². The standard InChI is InChI=1S/C20H20N4O3S3/c1-4-13-11(3)16(18(26)27-5-2)17(29-13)21-15(25)10-28-19-22-23-20-24(19)12-8-6-7-9-14(12)30-20/h6-9H,4-5,10H2,1-3H3,(H,21,25). The van der Waals surface area contributed by atoms with Gasteiger partial charge in [0.1, 0.15) is 5.00 Å². The maximum atomic E-state index is 12.7. The van der Waals surface area contributed by atoms with Crippen molar-refractivity contribution in [3.05, 3.63) is 40.3 Å². The molecule has 0 bridgehead atoms. The number of benzene rings is 1. The van der Waals surface area contributed by atoms with E-state index in [0.29, 0.717) is 15.7 Å². The number of aryl methyl sites for hydroxylation is 1. The number of carbonyl (C=O) groups excluding carboxylic acids is 2. The minimum Gasteiger partial charge on any atom is -0.462 e. The fourth-order valence-corrected chi connectivity index (χ4v) is 6.09. The number of nitrogens with zero attached hydrogens (tertiary/aromatic N) is 3. The van der Waals surface area contributed by atoms with Crippen LogP contribution in [0.4, 0.5) is 5.00 Å². The molecule has 4 rings (SSSR count). The summed E-state index contributed by atoms with van der Waals surface area (Å²) in [5, 5.41) is 12.5. The van der Waals surface area contributed by atoms with Crippen LogP contribution in [0.2, 0.25) is 0 Å². The first-order valence-corrected chi connectivity index (χ1v) is 12.1. The molecule has 10 heteroatoms. The molecule has 0 saturated heterocycles. The Morgan fingerprint density at radius 3 is 2.77 bits per heavy atom. The van der Waals surface area contributed by atoms with Crippen LogP contribution in [0, 0.1) is 6.92 Å². The van der Waals surface area contributed by atoms with E-state index in [1.807, 2.05) is 42.5 Å². The van der Waals surface area contributed by atoms with E-state index in [1.54, 1.807) is 18.3 Å². The lowest BCUT2D eigenvalue weighted by atomic mass is 10.1. The highest BCUT2D eigenvalue weighted by molar-refractivity contribution is 7.99. The van der Waals surface area contributed by atoms with E-state index in [4.69, 9.17) is 4.74 Å². The van der Waals surface area contributed by atoms with E-state index in [2.05, 4.69) is 15.5 Å². The molecule has 0 aliphatic rings. The van der Waals surface area contributed by atoms with Crippen LogP contribution in [0.1, 0.15) is 34.6 Å². The van der Waals surface area contributed by atoms with Gasteiger partial charge in [-0.1, -0.05) is 42.2 Å². The van der Waals surface area contributed by atoms with Crippen molar-refractivity contribution in [2.45, 2.75) is 32.3 Å². The van der Waals surface area contributed by atoms with Crippen LogP contribution in [0.3, 0.4) is 0 Å². The van der Waals surface area contributed by atoms with Crippen LogP contribution < -0.4 is 5.32 Å². The smallest absolute Gasteiger partial charge is 0.341 e. The van der Waals surface area contributed by atoms with Crippen molar-refractivity contribution in [1.82, 2.24) is 14.6 Å². The number of thiazole rings is 1. The molecule has 0 aliphatic carbocycles. The van der Waals surface area contributed by atoms with Gasteiger partial charge in [-0.05, 0) is 38.0 Å². The molecule has 0 unspecified atom stereocenters. The van der Waals surface area contributed by atoms with E-state index in [0.717, 1.165) is 32.0 Å². The van der Waals surface area contributed by atoms with E-state index < -0.39 is 5.97 Å². The first-order chi connectivity index (χ1) is 14.5. The normalized spacial score (nSPS) is 11.3. The molecule has 0 fully saturated rings. The number of rotatable bonds is 7. The Hall–Kier alpha value is -2.43. The van der Waals surface area contributed by atoms with Gasteiger partial charge < -0.3 is 10.1 Å². The molecule has 3 aromatic heterocycles. The van der Waals surface area contributed by atoms with Crippen molar-refractivity contribution < 1.29 is 14.3 Å². The van der Waals surface area contributed by atoms with Gasteiger partial charge in [-0.25, -0.2) is 4.79 Å². The van der Waals surface area contributed by atoms with Gasteiger partial charge in [0.25, 0.3) is 0 Å². The van der Waals surface area contributed by atoms with Crippen molar-refractivity contribution in [2.75, 3.05) is 17.7 Å². The van der Waals surface area contributed by atoms with Crippen molar-refractivity contribution in [2.24, 2.45) is 0 Å². The van der Waals surface area contributed by atoms with Crippen molar-refractivity contribution >= 4 is 66.5 Å². The first kappa shape index (κ1) is 20.8. The second kappa shape index (κ2) is 8.75. The Morgan fingerprint density at radius 1 is 1.20 bits per heavy atom. The molecule has 1 amide bonds. The predicted molar refractivity (Wildman–Crippen MR) is 122 cm³/mol. The van der Waals surface area contributed by atoms with Gasteiger partial charge in [-0.3, -0.25) is 9.20 Å². The van der Waals surface area contributed by atoms with Gasteiger partial charge in [0.15, 0.2) is 5.16 Å². The Kier molecular flexibility index (Phi) is 6.07. The van der Waals surface area contributed by atoms with E-state index >= 15 is 0 Å². The highest BCUT2D eigenvalue weighted by Gasteiger charge is 2.23. The quantitative estimate of drug-likeness (QED) is 0.315. The average Bonchev–Trinajstić information content (AvgIpc) is 3.38. The fraction of sp³-hybridized carbons (Fsp3) is 0.300. The molecule has 0 aliphatic heterocycles. The van der Waals surface area contributed by atoms with Crippen LogP contribution in [0.5, 0.6) is 0 Å². The van der Waals surface area contributed by atoms with Gasteiger partial charge in [-0.2, -0.15) is 0 Å². The van der Waals surface area contributed by atoms with Crippen molar-refractivity contribution in [3.8, 4) is 0 Å². The Bertz CT molecular complexity index is 1240. The summed E-state index contributed by atoms with van der Waals surface area (Å²) in [6, 6.07) is 8.01. The summed E-state index contributed by atoms with van der Waals surface area (Å²) in [7, 11) is 0. The summed E-state index contributed by atoms with van der Waals surface area (Å²) in [5.74, 6) is -0.449. The van der Waals surface area contributed by atoms with Gasteiger partial charge in [0.2, 0.25) is 10.9 Å². The van der Waals surface area contributed by atoms with E-state index in [9.17, 15) is 9.59 Å². The average molecular weight is 461 g/mol. The number of hydrogen-bond acceptors (Lipinski definition) is 8. The lowest BCUT2D eigenvalue weighted by molar-refractivity contribution is -0.113. The first-order valence-electron chi connectivity index (χ1n) is 9.48. The van der Waals surface area contributed by atoms with Crippen LogP contribution in [0.25, 0.3) is 15.2 Å². The molecule has 4 aromatic rings. The lowest BCUT2D eigenvalue weighted by Gasteiger charge is -2.07. The monoisotopic (exact) mass is 460 g/mol. The van der Waals surface area contributed by atoms with Crippen molar-refractivity contribution in [1.29, 1.82) is 0 Å². The van der Waals surface area contributed by atoms with E-state index in [-0.39, 0.29) is 18.3 Å². The van der Waals surface area contributed by atoms with Crippen LogP contribution in [0.15, 0.2) is 29.4 Å². The summed E-state index contributed by atoms with van der Waals surface area (Å²) in [6.45, 7) is 5.97. The topological polar surface area (TPSA) is 85.6 Å². The van der Waals surface area contributed by atoms with E-state index in [1.165, 1.54) is 23.1 Å². The molecule has 1 N–H and O–H groups in total. The summed E-state index contributed by atoms with van der Waals surface area (Å²) < 4.78 is 8.26. The largest absolute Gasteiger partial charge is 0.462 e. The Balaban J connectivity index is 1.52. The van der Waals surface area contributed by atoms with Crippen molar-refractivity contribution in [3.63, 3.8) is 0 Å². The molecule has 0 radical (unpaired) electrons. The van der Waals surface area contributed by atoms with Crippen LogP contribution in [-0.2, 0) is 16.0 Å². The minimum atomic E-state index is -0.405. The highest BCUT2D eigenvalue weighted by Crippen LogP contribution is 2.34. The summed E-state index contributed by atoms with van der Waals surface area (Å²) in [5.41, 5.74) is 2.34. The number of thiophene rings is 1. The summed E-state index contributed by atoms with van der Waals surface area (Å²) >= 11 is 4.30. The molecular weight excluding hydrogens is 440 g/mol. The molecule has 30 heavy (non-hydrogen) atoms.